The number of ether oxygens (including phenoxy) is 1. The molecule has 0 aliphatic heterocycles. The third kappa shape index (κ3) is 3.15. The number of benzene rings is 1. The van der Waals surface area contributed by atoms with E-state index >= 15 is 0 Å². The van der Waals surface area contributed by atoms with Crippen LogP contribution in [0, 0.1) is 11.3 Å². The van der Waals surface area contributed by atoms with Gasteiger partial charge in [-0.25, -0.2) is 0 Å². The van der Waals surface area contributed by atoms with Crippen molar-refractivity contribution >= 4 is 0 Å². The molecule has 1 aromatic heterocycles. The molecule has 0 saturated carbocycles. The second-order valence-electron chi connectivity index (χ2n) is 3.73. The molecule has 5 heteroatoms. The van der Waals surface area contributed by atoms with Gasteiger partial charge in [0.15, 0.2) is 5.82 Å². The Morgan fingerprint density at radius 2 is 2.11 bits per heavy atom. The first kappa shape index (κ1) is 12.3. The van der Waals surface area contributed by atoms with Crippen LogP contribution in [-0.4, -0.2) is 16.7 Å². The molecule has 0 amide bonds. The predicted octanol–water partition coefficient (Wildman–Crippen LogP) is 2.07. The van der Waals surface area contributed by atoms with Crippen molar-refractivity contribution in [1.29, 1.82) is 5.26 Å². The molecule has 2 aromatic rings. The van der Waals surface area contributed by atoms with Crippen LogP contribution < -0.4 is 0 Å². The molecule has 0 N–H and O–H groups in total. The summed E-state index contributed by atoms with van der Waals surface area (Å²) in [5.41, 5.74) is 1.67. The van der Waals surface area contributed by atoms with Gasteiger partial charge in [0.05, 0.1) is 18.1 Å². The van der Waals surface area contributed by atoms with Gasteiger partial charge in [0.25, 0.3) is 0 Å². The average Bonchev–Trinajstić information content (AvgIpc) is 2.85. The quantitative estimate of drug-likeness (QED) is 0.803. The van der Waals surface area contributed by atoms with E-state index in [1.165, 1.54) is 0 Å². The van der Waals surface area contributed by atoms with Crippen molar-refractivity contribution < 1.29 is 9.26 Å². The van der Waals surface area contributed by atoms with Crippen molar-refractivity contribution in [3.63, 3.8) is 0 Å². The molecule has 0 saturated heterocycles. The minimum Gasteiger partial charge on any atom is -0.374 e. The van der Waals surface area contributed by atoms with Crippen molar-refractivity contribution in [3.05, 3.63) is 47.1 Å². The van der Waals surface area contributed by atoms with E-state index in [1.54, 1.807) is 12.1 Å². The zero-order chi connectivity index (χ0) is 12.8. The molecule has 0 aliphatic carbocycles. The molecule has 0 radical (unpaired) electrons. The van der Waals surface area contributed by atoms with Crippen LogP contribution in [0.4, 0.5) is 0 Å². The van der Waals surface area contributed by atoms with Crippen LogP contribution in [-0.2, 0) is 17.8 Å². The molecule has 0 unspecified atom stereocenters. The molecule has 1 aromatic carbocycles. The van der Waals surface area contributed by atoms with E-state index in [1.807, 2.05) is 19.1 Å². The van der Waals surface area contributed by atoms with Crippen LogP contribution in [0.1, 0.15) is 29.8 Å². The average molecular weight is 243 g/mol. The van der Waals surface area contributed by atoms with E-state index in [9.17, 15) is 0 Å². The van der Waals surface area contributed by atoms with Gasteiger partial charge in [-0.1, -0.05) is 17.3 Å². The topological polar surface area (TPSA) is 71.9 Å². The maximum Gasteiger partial charge on any atom is 0.231 e. The van der Waals surface area contributed by atoms with Crippen molar-refractivity contribution in [3.8, 4) is 6.07 Å². The van der Waals surface area contributed by atoms with Crippen molar-refractivity contribution in [2.24, 2.45) is 0 Å². The smallest absolute Gasteiger partial charge is 0.231 e. The van der Waals surface area contributed by atoms with Crippen LogP contribution in [0.25, 0.3) is 0 Å². The number of hydrogen-bond donors (Lipinski definition) is 0. The summed E-state index contributed by atoms with van der Waals surface area (Å²) in [5, 5.41) is 12.5. The highest BCUT2D eigenvalue weighted by Crippen LogP contribution is 2.09. The molecule has 0 spiro atoms. The first-order valence-corrected chi connectivity index (χ1v) is 5.70. The fourth-order valence-corrected chi connectivity index (χ4v) is 1.49. The van der Waals surface area contributed by atoms with E-state index in [-0.39, 0.29) is 0 Å². The third-order valence-electron chi connectivity index (χ3n) is 2.38. The summed E-state index contributed by atoms with van der Waals surface area (Å²) in [7, 11) is 0. The Morgan fingerprint density at radius 3 is 2.78 bits per heavy atom. The highest BCUT2D eigenvalue weighted by molar-refractivity contribution is 5.32. The molecule has 0 atom stereocenters. The minimum atomic E-state index is 0.368. The Bertz CT molecular complexity index is 540. The Labute approximate surface area is 105 Å². The van der Waals surface area contributed by atoms with Gasteiger partial charge in [0, 0.05) is 6.61 Å². The van der Waals surface area contributed by atoms with Crippen LogP contribution in [0.15, 0.2) is 28.8 Å². The first-order valence-electron chi connectivity index (χ1n) is 5.70. The van der Waals surface area contributed by atoms with Gasteiger partial charge in [-0.2, -0.15) is 10.2 Å². The maximum atomic E-state index is 8.70. The lowest BCUT2D eigenvalue weighted by Gasteiger charge is -1.96. The van der Waals surface area contributed by atoms with Crippen molar-refractivity contribution in [1.82, 2.24) is 10.1 Å². The number of nitrogens with zero attached hydrogens (tertiary/aromatic N) is 3. The second kappa shape index (κ2) is 5.94. The number of hydrogen-bond acceptors (Lipinski definition) is 5. The first-order chi connectivity index (χ1) is 8.81. The van der Waals surface area contributed by atoms with Crippen LogP contribution in [0.3, 0.4) is 0 Å². The lowest BCUT2D eigenvalue weighted by molar-refractivity contribution is 0.126. The zero-order valence-corrected chi connectivity index (χ0v) is 10.1. The van der Waals surface area contributed by atoms with Crippen LogP contribution >= 0.6 is 0 Å². The fraction of sp³-hybridized carbons (Fsp3) is 0.308. The molecule has 0 aliphatic rings. The molecule has 0 fully saturated rings. The summed E-state index contributed by atoms with van der Waals surface area (Å²) in [6.45, 7) is 2.91. The van der Waals surface area contributed by atoms with Gasteiger partial charge < -0.3 is 9.26 Å². The van der Waals surface area contributed by atoms with E-state index in [2.05, 4.69) is 16.2 Å². The summed E-state index contributed by atoms with van der Waals surface area (Å²) in [4.78, 5) is 4.22. The Balaban J connectivity index is 2.00. The number of rotatable bonds is 5. The van der Waals surface area contributed by atoms with Crippen molar-refractivity contribution in [2.45, 2.75) is 20.0 Å². The molecule has 18 heavy (non-hydrogen) atoms. The van der Waals surface area contributed by atoms with Gasteiger partial charge in [0.1, 0.15) is 6.61 Å². The zero-order valence-electron chi connectivity index (χ0n) is 10.1. The standard InChI is InChI=1S/C13H13N3O2/c1-2-17-9-12-15-13(18-16-12)7-10-3-5-11(8-14)6-4-10/h3-6H,2,7,9H2,1H3. The minimum absolute atomic E-state index is 0.368. The van der Waals surface area contributed by atoms with Crippen LogP contribution in [0.2, 0.25) is 0 Å². The van der Waals surface area contributed by atoms with E-state index < -0.39 is 0 Å². The predicted molar refractivity (Wildman–Crippen MR) is 63.6 cm³/mol. The molecule has 0 bridgehead atoms. The summed E-state index contributed by atoms with van der Waals surface area (Å²) in [5.74, 6) is 1.11. The van der Waals surface area contributed by atoms with Gasteiger partial charge in [-0.05, 0) is 24.6 Å². The fourth-order valence-electron chi connectivity index (χ4n) is 1.49. The highest BCUT2D eigenvalue weighted by Gasteiger charge is 2.07. The Kier molecular flexibility index (Phi) is 4.05. The summed E-state index contributed by atoms with van der Waals surface area (Å²) in [6, 6.07) is 9.38. The molecule has 5 nitrogen and oxygen atoms in total. The summed E-state index contributed by atoms with van der Waals surface area (Å²) < 4.78 is 10.3. The second-order valence-corrected chi connectivity index (χ2v) is 3.73. The number of nitriles is 1. The number of aromatic nitrogens is 2. The van der Waals surface area contributed by atoms with Gasteiger partial charge >= 0.3 is 0 Å². The van der Waals surface area contributed by atoms with Gasteiger partial charge in [-0.15, -0.1) is 0 Å². The van der Waals surface area contributed by atoms with Gasteiger partial charge in [0.2, 0.25) is 5.89 Å². The SMILES string of the molecule is CCOCc1noc(Cc2ccc(C#N)cc2)n1. The molecule has 92 valence electrons. The Hall–Kier alpha value is -2.19. The normalized spacial score (nSPS) is 10.2. The highest BCUT2D eigenvalue weighted by atomic mass is 16.5. The van der Waals surface area contributed by atoms with Crippen molar-refractivity contribution in [2.75, 3.05) is 6.61 Å². The summed E-state index contributed by atoms with van der Waals surface area (Å²) in [6.07, 6.45) is 0.560. The summed E-state index contributed by atoms with van der Waals surface area (Å²) >= 11 is 0. The van der Waals surface area contributed by atoms with E-state index in [0.717, 1.165) is 5.56 Å². The third-order valence-corrected chi connectivity index (χ3v) is 2.38. The maximum absolute atomic E-state index is 8.70. The van der Waals surface area contributed by atoms with Gasteiger partial charge in [-0.3, -0.25) is 0 Å². The Morgan fingerprint density at radius 1 is 1.33 bits per heavy atom. The molecule has 2 rings (SSSR count). The molecule has 1 heterocycles. The van der Waals surface area contributed by atoms with E-state index in [0.29, 0.717) is 36.9 Å². The van der Waals surface area contributed by atoms with E-state index in [4.69, 9.17) is 14.5 Å². The van der Waals surface area contributed by atoms with Crippen LogP contribution in [0.5, 0.6) is 0 Å². The molecular weight excluding hydrogens is 230 g/mol. The monoisotopic (exact) mass is 243 g/mol. The lowest BCUT2D eigenvalue weighted by Crippen LogP contribution is -1.94. The lowest BCUT2D eigenvalue weighted by atomic mass is 10.1. The largest absolute Gasteiger partial charge is 0.374 e. The molecular formula is C13H13N3O2.